The summed E-state index contributed by atoms with van der Waals surface area (Å²) >= 11 is 0. The van der Waals surface area contributed by atoms with Crippen molar-refractivity contribution >= 4 is 11.9 Å². The summed E-state index contributed by atoms with van der Waals surface area (Å²) in [6.45, 7) is 4.40. The number of hydrogen-bond acceptors (Lipinski definition) is 5. The van der Waals surface area contributed by atoms with Crippen molar-refractivity contribution in [2.24, 2.45) is 0 Å². The average Bonchev–Trinajstić information content (AvgIpc) is 2.69. The van der Waals surface area contributed by atoms with E-state index in [1.807, 2.05) is 12.4 Å². The molecule has 1 aliphatic heterocycles. The number of carboxylic acids is 2. The van der Waals surface area contributed by atoms with E-state index >= 15 is 0 Å². The summed E-state index contributed by atoms with van der Waals surface area (Å²) in [6.07, 6.45) is 6.19. The number of likely N-dealkylation sites (tertiary alicyclic amines) is 1. The SMILES string of the molecule is O=C(O)C(=O)O.c1ccc(CN2CCC(NCc3ccncc3)CC2)cc1. The van der Waals surface area contributed by atoms with E-state index in [-0.39, 0.29) is 0 Å². The molecule has 1 aliphatic rings. The summed E-state index contributed by atoms with van der Waals surface area (Å²) in [5.41, 5.74) is 2.73. The van der Waals surface area contributed by atoms with Crippen LogP contribution in [0.1, 0.15) is 24.0 Å². The third-order valence-corrected chi connectivity index (χ3v) is 4.36. The van der Waals surface area contributed by atoms with Crippen molar-refractivity contribution in [3.05, 3.63) is 66.0 Å². The number of nitrogens with one attached hydrogen (secondary N) is 1. The van der Waals surface area contributed by atoms with E-state index < -0.39 is 11.9 Å². The van der Waals surface area contributed by atoms with Gasteiger partial charge >= 0.3 is 11.9 Å². The lowest BCUT2D eigenvalue weighted by Gasteiger charge is -2.32. The Bertz CT molecular complexity index is 690. The summed E-state index contributed by atoms with van der Waals surface area (Å²) in [5, 5.41) is 18.5. The Morgan fingerprint density at radius 3 is 2.11 bits per heavy atom. The van der Waals surface area contributed by atoms with E-state index in [9.17, 15) is 0 Å². The van der Waals surface area contributed by atoms with Crippen LogP contribution in [0, 0.1) is 0 Å². The zero-order valence-corrected chi connectivity index (χ0v) is 15.1. The molecule has 2 heterocycles. The van der Waals surface area contributed by atoms with Crippen LogP contribution in [-0.2, 0) is 22.7 Å². The van der Waals surface area contributed by atoms with Crippen molar-refractivity contribution in [2.75, 3.05) is 13.1 Å². The normalized spacial score (nSPS) is 14.8. The van der Waals surface area contributed by atoms with Crippen LogP contribution >= 0.6 is 0 Å². The van der Waals surface area contributed by atoms with Gasteiger partial charge in [-0.05, 0) is 49.2 Å². The molecule has 7 nitrogen and oxygen atoms in total. The predicted molar refractivity (Wildman–Crippen MR) is 101 cm³/mol. The van der Waals surface area contributed by atoms with E-state index in [0.29, 0.717) is 6.04 Å². The molecule has 0 atom stereocenters. The Morgan fingerprint density at radius 2 is 1.56 bits per heavy atom. The number of rotatable bonds is 5. The van der Waals surface area contributed by atoms with Crippen LogP contribution in [0.5, 0.6) is 0 Å². The first-order valence-corrected chi connectivity index (χ1v) is 8.89. The molecule has 0 aliphatic carbocycles. The smallest absolute Gasteiger partial charge is 0.414 e. The second-order valence-electron chi connectivity index (χ2n) is 6.38. The fraction of sp³-hybridized carbons (Fsp3) is 0.350. The lowest BCUT2D eigenvalue weighted by atomic mass is 10.0. The molecule has 0 spiro atoms. The number of hydrogen-bond donors (Lipinski definition) is 3. The summed E-state index contributed by atoms with van der Waals surface area (Å²) in [6, 6.07) is 15.6. The number of benzene rings is 1. The van der Waals surface area contributed by atoms with Crippen LogP contribution in [0.25, 0.3) is 0 Å². The van der Waals surface area contributed by atoms with Crippen molar-refractivity contribution in [3.63, 3.8) is 0 Å². The van der Waals surface area contributed by atoms with Crippen molar-refractivity contribution in [1.29, 1.82) is 0 Å². The Morgan fingerprint density at radius 1 is 0.963 bits per heavy atom. The van der Waals surface area contributed by atoms with Crippen LogP contribution < -0.4 is 5.32 Å². The number of carbonyl (C=O) groups is 2. The molecule has 1 aromatic heterocycles. The first-order chi connectivity index (χ1) is 13.0. The summed E-state index contributed by atoms with van der Waals surface area (Å²) in [4.78, 5) is 24.8. The van der Waals surface area contributed by atoms with Gasteiger partial charge in [0.15, 0.2) is 0 Å². The molecule has 2 aromatic rings. The van der Waals surface area contributed by atoms with Gasteiger partial charge in [0.05, 0.1) is 0 Å². The second-order valence-corrected chi connectivity index (χ2v) is 6.38. The Hall–Kier alpha value is -2.77. The summed E-state index contributed by atoms with van der Waals surface area (Å²) in [5.74, 6) is -3.65. The monoisotopic (exact) mass is 371 g/mol. The summed E-state index contributed by atoms with van der Waals surface area (Å²) < 4.78 is 0. The van der Waals surface area contributed by atoms with Gasteiger partial charge in [-0.1, -0.05) is 30.3 Å². The lowest BCUT2D eigenvalue weighted by molar-refractivity contribution is -0.159. The highest BCUT2D eigenvalue weighted by molar-refractivity contribution is 6.27. The fourth-order valence-electron chi connectivity index (χ4n) is 2.90. The topological polar surface area (TPSA) is 103 Å². The highest BCUT2D eigenvalue weighted by Gasteiger charge is 2.18. The maximum Gasteiger partial charge on any atom is 0.414 e. The molecule has 144 valence electrons. The molecule has 3 N–H and O–H groups in total. The van der Waals surface area contributed by atoms with Crippen molar-refractivity contribution < 1.29 is 19.8 Å². The standard InChI is InChI=1S/C18H23N3.C2H2O4/c1-2-4-17(5-3-1)15-21-12-8-18(9-13-21)20-14-16-6-10-19-11-7-16;3-1(4)2(5)6/h1-7,10-11,18,20H,8-9,12-15H2;(H,3,4)(H,5,6). The number of aromatic nitrogens is 1. The first kappa shape index (κ1) is 20.5. The van der Waals surface area contributed by atoms with E-state index in [1.54, 1.807) is 0 Å². The molecular weight excluding hydrogens is 346 g/mol. The first-order valence-electron chi connectivity index (χ1n) is 8.89. The highest BCUT2D eigenvalue weighted by Crippen LogP contribution is 2.14. The number of pyridine rings is 1. The molecule has 1 saturated heterocycles. The minimum absolute atomic E-state index is 0.644. The van der Waals surface area contributed by atoms with Crippen molar-refractivity contribution in [3.8, 4) is 0 Å². The average molecular weight is 371 g/mol. The predicted octanol–water partition coefficient (Wildman–Crippen LogP) is 1.99. The van der Waals surface area contributed by atoms with Gasteiger partial charge in [-0.2, -0.15) is 0 Å². The van der Waals surface area contributed by atoms with Gasteiger partial charge in [-0.3, -0.25) is 9.88 Å². The molecule has 0 amide bonds. The molecule has 1 aromatic carbocycles. The molecule has 27 heavy (non-hydrogen) atoms. The van der Waals surface area contributed by atoms with Crippen LogP contribution in [0.15, 0.2) is 54.9 Å². The molecule has 0 unspecified atom stereocenters. The van der Waals surface area contributed by atoms with E-state index in [0.717, 1.165) is 13.1 Å². The van der Waals surface area contributed by atoms with Crippen LogP contribution in [0.4, 0.5) is 0 Å². The highest BCUT2D eigenvalue weighted by atomic mass is 16.4. The molecule has 3 rings (SSSR count). The maximum atomic E-state index is 9.10. The van der Waals surface area contributed by atoms with Crippen molar-refractivity contribution in [1.82, 2.24) is 15.2 Å². The van der Waals surface area contributed by atoms with E-state index in [1.165, 1.54) is 37.1 Å². The maximum absolute atomic E-state index is 9.10. The Kier molecular flexibility index (Phi) is 8.41. The Balaban J connectivity index is 0.000000380. The van der Waals surface area contributed by atoms with Gasteiger partial charge in [-0.25, -0.2) is 9.59 Å². The fourth-order valence-corrected chi connectivity index (χ4v) is 2.90. The van der Waals surface area contributed by atoms with Crippen LogP contribution in [0.3, 0.4) is 0 Å². The third-order valence-electron chi connectivity index (χ3n) is 4.36. The molecule has 0 radical (unpaired) electrons. The quantitative estimate of drug-likeness (QED) is 0.691. The zero-order chi connectivity index (χ0) is 19.5. The molecule has 0 saturated carbocycles. The molecule has 0 bridgehead atoms. The van der Waals surface area contributed by atoms with Gasteiger partial charge in [-0.15, -0.1) is 0 Å². The van der Waals surface area contributed by atoms with Gasteiger partial charge in [0.25, 0.3) is 0 Å². The number of nitrogens with zero attached hydrogens (tertiary/aromatic N) is 2. The second kappa shape index (κ2) is 11.1. The van der Waals surface area contributed by atoms with Gasteiger partial charge < -0.3 is 15.5 Å². The lowest BCUT2D eigenvalue weighted by Crippen LogP contribution is -2.41. The minimum Gasteiger partial charge on any atom is -0.473 e. The Labute approximate surface area is 158 Å². The van der Waals surface area contributed by atoms with Crippen molar-refractivity contribution in [2.45, 2.75) is 32.0 Å². The van der Waals surface area contributed by atoms with E-state index in [2.05, 4.69) is 57.7 Å². The van der Waals surface area contributed by atoms with Crippen LogP contribution in [0.2, 0.25) is 0 Å². The molecule has 1 fully saturated rings. The summed E-state index contributed by atoms with van der Waals surface area (Å²) in [7, 11) is 0. The largest absolute Gasteiger partial charge is 0.473 e. The minimum atomic E-state index is -1.82. The van der Waals surface area contributed by atoms with Crippen LogP contribution in [-0.4, -0.2) is 51.2 Å². The van der Waals surface area contributed by atoms with Gasteiger partial charge in [0.2, 0.25) is 0 Å². The van der Waals surface area contributed by atoms with E-state index in [4.69, 9.17) is 19.8 Å². The third kappa shape index (κ3) is 7.98. The number of piperidine rings is 1. The number of aliphatic carboxylic acids is 2. The number of carboxylic acid groups (broad SMARTS) is 2. The molecule has 7 heteroatoms. The van der Waals surface area contributed by atoms with Gasteiger partial charge in [0, 0.05) is 31.5 Å². The van der Waals surface area contributed by atoms with Gasteiger partial charge in [0.1, 0.15) is 0 Å². The zero-order valence-electron chi connectivity index (χ0n) is 15.1. The molecular formula is C20H25N3O4.